The van der Waals surface area contributed by atoms with Crippen LogP contribution in [0.25, 0.3) is 0 Å². The number of hydrogen-bond donors (Lipinski definition) is 0. The molecule has 1 aromatic heterocycles. The summed E-state index contributed by atoms with van der Waals surface area (Å²) in [4.78, 5) is 0. The molecule has 0 saturated carbocycles. The Labute approximate surface area is 177 Å². The molecule has 0 fully saturated rings. The van der Waals surface area contributed by atoms with Gasteiger partial charge in [0.2, 0.25) is 6.33 Å². The maximum absolute atomic E-state index is 2.45. The van der Waals surface area contributed by atoms with Crippen molar-refractivity contribution in [2.75, 3.05) is 0 Å². The number of imidazole rings is 1. The van der Waals surface area contributed by atoms with E-state index in [0.717, 1.165) is 19.4 Å². The molecule has 0 aliphatic carbocycles. The number of nitrogens with zero attached hydrogens (tertiary/aromatic N) is 2. The van der Waals surface area contributed by atoms with Crippen molar-refractivity contribution in [3.05, 3.63) is 90.5 Å². The lowest BCUT2D eigenvalue weighted by atomic mass is 9.70. The highest BCUT2D eigenvalue weighted by Gasteiger charge is 2.39. The van der Waals surface area contributed by atoms with E-state index in [4.69, 9.17) is 0 Å². The number of aryl methyl sites for hydroxylation is 1. The predicted molar refractivity (Wildman–Crippen MR) is 122 cm³/mol. The van der Waals surface area contributed by atoms with Crippen LogP contribution in [0.3, 0.4) is 0 Å². The van der Waals surface area contributed by atoms with Crippen molar-refractivity contribution >= 4 is 0 Å². The maximum atomic E-state index is 2.45. The Morgan fingerprint density at radius 2 is 1.59 bits per heavy atom. The Hall–Kier alpha value is -2.35. The van der Waals surface area contributed by atoms with Gasteiger partial charge in [-0.1, -0.05) is 94.3 Å². The average molecular weight is 390 g/mol. The van der Waals surface area contributed by atoms with Gasteiger partial charge in [0.25, 0.3) is 0 Å². The largest absolute Gasteiger partial charge is 0.244 e. The zero-order chi connectivity index (χ0) is 20.5. The minimum Gasteiger partial charge on any atom is -0.237 e. The standard InChI is InChI=1S/C27H37N2/c1-4-6-7-14-19-28-20-21-29(23-28)26(5-2)27(3,25-17-12-9-13-18-25)22-24-15-10-8-11-16-24/h8-13,15-18,20-21,23,26H,4-7,14,19,22H2,1-3H3/q+1. The quantitative estimate of drug-likeness (QED) is 0.261. The summed E-state index contributed by atoms with van der Waals surface area (Å²) in [5.74, 6) is 0. The first-order valence-corrected chi connectivity index (χ1v) is 11.3. The number of unbranched alkanes of at least 4 members (excludes halogenated alkanes) is 3. The minimum atomic E-state index is 0.0242. The number of aromatic nitrogens is 2. The van der Waals surface area contributed by atoms with E-state index >= 15 is 0 Å². The second-order valence-corrected chi connectivity index (χ2v) is 8.53. The monoisotopic (exact) mass is 389 g/mol. The van der Waals surface area contributed by atoms with Crippen LogP contribution in [0.5, 0.6) is 0 Å². The highest BCUT2D eigenvalue weighted by atomic mass is 15.1. The third kappa shape index (κ3) is 5.38. The van der Waals surface area contributed by atoms with Crippen LogP contribution < -0.4 is 4.57 Å². The first kappa shape index (κ1) is 21.4. The molecule has 3 aromatic rings. The fourth-order valence-corrected chi connectivity index (χ4v) is 4.69. The van der Waals surface area contributed by atoms with E-state index in [1.165, 1.54) is 36.8 Å². The summed E-state index contributed by atoms with van der Waals surface area (Å²) < 4.78 is 4.82. The summed E-state index contributed by atoms with van der Waals surface area (Å²) in [5, 5.41) is 0. The summed E-state index contributed by atoms with van der Waals surface area (Å²) >= 11 is 0. The zero-order valence-corrected chi connectivity index (χ0v) is 18.4. The van der Waals surface area contributed by atoms with Crippen LogP contribution >= 0.6 is 0 Å². The van der Waals surface area contributed by atoms with Crippen LogP contribution in [0.2, 0.25) is 0 Å². The van der Waals surface area contributed by atoms with Crippen molar-refractivity contribution in [1.82, 2.24) is 4.57 Å². The molecular weight excluding hydrogens is 352 g/mol. The molecule has 0 aliphatic heterocycles. The molecule has 0 N–H and O–H groups in total. The van der Waals surface area contributed by atoms with E-state index in [1.54, 1.807) is 0 Å². The van der Waals surface area contributed by atoms with Crippen LogP contribution in [0.15, 0.2) is 79.4 Å². The highest BCUT2D eigenvalue weighted by molar-refractivity contribution is 5.30. The molecule has 0 bridgehead atoms. The van der Waals surface area contributed by atoms with Gasteiger partial charge in [-0.15, -0.1) is 0 Å². The molecule has 0 aliphatic rings. The molecule has 2 unspecified atom stereocenters. The molecule has 0 spiro atoms. The molecule has 2 aromatic carbocycles. The summed E-state index contributed by atoms with van der Waals surface area (Å²) in [6, 6.07) is 22.4. The van der Waals surface area contributed by atoms with Gasteiger partial charge in [-0.05, 0) is 36.8 Å². The van der Waals surface area contributed by atoms with E-state index < -0.39 is 0 Å². The van der Waals surface area contributed by atoms with Crippen LogP contribution in [0.1, 0.15) is 70.0 Å². The van der Waals surface area contributed by atoms with Gasteiger partial charge in [0, 0.05) is 5.41 Å². The average Bonchev–Trinajstić information content (AvgIpc) is 3.21. The normalized spacial score (nSPS) is 14.4. The van der Waals surface area contributed by atoms with Gasteiger partial charge in [0.15, 0.2) is 0 Å². The van der Waals surface area contributed by atoms with Crippen molar-refractivity contribution in [2.24, 2.45) is 0 Å². The van der Waals surface area contributed by atoms with Crippen LogP contribution in [0.4, 0.5) is 0 Å². The van der Waals surface area contributed by atoms with E-state index in [-0.39, 0.29) is 5.41 Å². The summed E-state index contributed by atoms with van der Waals surface area (Å²) in [7, 11) is 0. The Bertz CT molecular complexity index is 837. The lowest BCUT2D eigenvalue weighted by molar-refractivity contribution is -0.697. The van der Waals surface area contributed by atoms with E-state index in [2.05, 4.69) is 109 Å². The fourth-order valence-electron chi connectivity index (χ4n) is 4.69. The molecule has 2 nitrogen and oxygen atoms in total. The molecule has 3 rings (SSSR count). The predicted octanol–water partition coefficient (Wildman–Crippen LogP) is 6.51. The lowest BCUT2D eigenvalue weighted by Crippen LogP contribution is -2.37. The molecule has 154 valence electrons. The van der Waals surface area contributed by atoms with E-state index in [9.17, 15) is 0 Å². The van der Waals surface area contributed by atoms with Crippen molar-refractivity contribution in [3.8, 4) is 0 Å². The Morgan fingerprint density at radius 3 is 2.24 bits per heavy atom. The SMILES string of the molecule is CCCCCC[n+]1ccn(C(CC)C(C)(Cc2ccccc2)c2ccccc2)c1. The number of rotatable bonds is 11. The molecule has 2 heteroatoms. The molecule has 29 heavy (non-hydrogen) atoms. The summed E-state index contributed by atoms with van der Waals surface area (Å²) in [6.45, 7) is 8.15. The van der Waals surface area contributed by atoms with Crippen LogP contribution in [-0.2, 0) is 18.4 Å². The smallest absolute Gasteiger partial charge is 0.237 e. The zero-order valence-electron chi connectivity index (χ0n) is 18.4. The second kappa shape index (κ2) is 10.4. The van der Waals surface area contributed by atoms with Gasteiger partial charge >= 0.3 is 0 Å². The van der Waals surface area contributed by atoms with E-state index in [0.29, 0.717) is 6.04 Å². The first-order valence-electron chi connectivity index (χ1n) is 11.3. The van der Waals surface area contributed by atoms with Crippen molar-refractivity contribution < 1.29 is 4.57 Å². The molecule has 0 amide bonds. The summed E-state index contributed by atoms with van der Waals surface area (Å²) in [6.07, 6.45) is 14.2. The highest BCUT2D eigenvalue weighted by Crippen LogP contribution is 2.40. The Balaban J connectivity index is 1.88. The van der Waals surface area contributed by atoms with Gasteiger partial charge in [0.1, 0.15) is 18.4 Å². The Morgan fingerprint density at radius 1 is 0.897 bits per heavy atom. The maximum Gasteiger partial charge on any atom is 0.244 e. The molecule has 0 saturated heterocycles. The minimum absolute atomic E-state index is 0.0242. The second-order valence-electron chi connectivity index (χ2n) is 8.53. The van der Waals surface area contributed by atoms with Crippen LogP contribution in [-0.4, -0.2) is 4.57 Å². The number of benzene rings is 2. The first-order chi connectivity index (χ1) is 14.2. The van der Waals surface area contributed by atoms with Crippen molar-refractivity contribution in [2.45, 2.75) is 77.3 Å². The fraction of sp³-hybridized carbons (Fsp3) is 0.444. The molecular formula is C27H37N2+. The van der Waals surface area contributed by atoms with Crippen LogP contribution in [0, 0.1) is 0 Å². The number of hydrogen-bond acceptors (Lipinski definition) is 0. The van der Waals surface area contributed by atoms with Crippen molar-refractivity contribution in [1.29, 1.82) is 0 Å². The van der Waals surface area contributed by atoms with Gasteiger partial charge in [0.05, 0.1) is 6.54 Å². The third-order valence-electron chi connectivity index (χ3n) is 6.31. The lowest BCUT2D eigenvalue weighted by Gasteiger charge is -2.36. The summed E-state index contributed by atoms with van der Waals surface area (Å²) in [5.41, 5.74) is 2.84. The van der Waals surface area contributed by atoms with Gasteiger partial charge in [-0.3, -0.25) is 0 Å². The van der Waals surface area contributed by atoms with Crippen molar-refractivity contribution in [3.63, 3.8) is 0 Å². The van der Waals surface area contributed by atoms with E-state index in [1.807, 2.05) is 0 Å². The molecule has 1 heterocycles. The molecule has 2 atom stereocenters. The van der Waals surface area contributed by atoms with Gasteiger partial charge in [-0.2, -0.15) is 0 Å². The third-order valence-corrected chi connectivity index (χ3v) is 6.31. The topological polar surface area (TPSA) is 8.81 Å². The Kier molecular flexibility index (Phi) is 7.69. The molecule has 0 radical (unpaired) electrons. The van der Waals surface area contributed by atoms with Gasteiger partial charge in [-0.25, -0.2) is 9.13 Å². The van der Waals surface area contributed by atoms with Gasteiger partial charge < -0.3 is 0 Å².